The molecule has 0 radical (unpaired) electrons. The zero-order valence-corrected chi connectivity index (χ0v) is 10.4. The maximum atomic E-state index is 9.69. The molecule has 3 nitrogen and oxygen atoms in total. The molecule has 0 aromatic carbocycles. The summed E-state index contributed by atoms with van der Waals surface area (Å²) in [5, 5.41) is 12.9. The van der Waals surface area contributed by atoms with Crippen molar-refractivity contribution in [1.29, 1.82) is 0 Å². The number of hydrogen-bond donors (Lipinski definition) is 2. The summed E-state index contributed by atoms with van der Waals surface area (Å²) in [6, 6.07) is 4.00. The van der Waals surface area contributed by atoms with Gasteiger partial charge in [0.25, 0.3) is 0 Å². The van der Waals surface area contributed by atoms with Gasteiger partial charge in [-0.05, 0) is 30.9 Å². The lowest BCUT2D eigenvalue weighted by atomic mass is 10.1. The lowest BCUT2D eigenvalue weighted by Gasteiger charge is -2.14. The molecule has 0 bridgehead atoms. The van der Waals surface area contributed by atoms with E-state index in [1.807, 2.05) is 13.0 Å². The molecule has 0 spiro atoms. The van der Waals surface area contributed by atoms with Crippen LogP contribution in [0.2, 0.25) is 0 Å². The highest BCUT2D eigenvalue weighted by atomic mass is 16.3. The van der Waals surface area contributed by atoms with Gasteiger partial charge in [0.15, 0.2) is 0 Å². The van der Waals surface area contributed by atoms with Gasteiger partial charge in [0.1, 0.15) is 0 Å². The Bertz CT molecular complexity index is 313. The smallest absolute Gasteiger partial charge is 0.0667 e. The predicted molar refractivity (Wildman–Crippen MR) is 66.1 cm³/mol. The second-order valence-corrected chi connectivity index (χ2v) is 4.66. The van der Waals surface area contributed by atoms with E-state index in [-0.39, 0.29) is 6.10 Å². The van der Waals surface area contributed by atoms with E-state index in [1.54, 1.807) is 6.20 Å². The Morgan fingerprint density at radius 2 is 2.19 bits per heavy atom. The molecule has 2 N–H and O–H groups in total. The minimum atomic E-state index is -0.253. The number of aromatic nitrogens is 1. The fourth-order valence-corrected chi connectivity index (χ4v) is 1.71. The molecule has 1 aromatic heterocycles. The van der Waals surface area contributed by atoms with Crippen LogP contribution in [0.5, 0.6) is 0 Å². The number of nitrogens with zero attached hydrogens (tertiary/aromatic N) is 1. The van der Waals surface area contributed by atoms with Crippen molar-refractivity contribution in [2.75, 3.05) is 6.54 Å². The first-order valence-electron chi connectivity index (χ1n) is 5.89. The summed E-state index contributed by atoms with van der Waals surface area (Å²) >= 11 is 0. The van der Waals surface area contributed by atoms with Crippen molar-refractivity contribution in [2.45, 2.75) is 39.8 Å². The highest BCUT2D eigenvalue weighted by molar-refractivity contribution is 5.17. The van der Waals surface area contributed by atoms with Crippen LogP contribution in [0.1, 0.15) is 31.5 Å². The molecule has 1 aromatic rings. The highest BCUT2D eigenvalue weighted by Crippen LogP contribution is 2.05. The zero-order valence-electron chi connectivity index (χ0n) is 10.4. The Morgan fingerprint density at radius 3 is 2.81 bits per heavy atom. The summed E-state index contributed by atoms with van der Waals surface area (Å²) in [5.74, 6) is 0.539. The Morgan fingerprint density at radius 1 is 1.44 bits per heavy atom. The van der Waals surface area contributed by atoms with Crippen LogP contribution in [-0.4, -0.2) is 22.7 Å². The molecular weight excluding hydrogens is 200 g/mol. The molecule has 3 heteroatoms. The molecule has 0 amide bonds. The molecule has 0 saturated carbocycles. The van der Waals surface area contributed by atoms with Gasteiger partial charge in [-0.2, -0.15) is 0 Å². The quantitative estimate of drug-likeness (QED) is 0.772. The molecule has 0 aliphatic rings. The second kappa shape index (κ2) is 6.61. The summed E-state index contributed by atoms with van der Waals surface area (Å²) < 4.78 is 0. The molecule has 1 heterocycles. The van der Waals surface area contributed by atoms with E-state index in [0.717, 1.165) is 18.7 Å². The van der Waals surface area contributed by atoms with Crippen LogP contribution < -0.4 is 5.32 Å². The van der Waals surface area contributed by atoms with Crippen LogP contribution in [0.4, 0.5) is 0 Å². The number of nitrogens with one attached hydrogen (secondary N) is 1. The molecule has 1 rings (SSSR count). The molecule has 16 heavy (non-hydrogen) atoms. The average Bonchev–Trinajstić information content (AvgIpc) is 2.19. The minimum Gasteiger partial charge on any atom is -0.392 e. The first-order chi connectivity index (χ1) is 7.59. The van der Waals surface area contributed by atoms with Crippen molar-refractivity contribution >= 4 is 0 Å². The van der Waals surface area contributed by atoms with Crippen molar-refractivity contribution < 1.29 is 5.11 Å². The van der Waals surface area contributed by atoms with E-state index < -0.39 is 0 Å². The molecule has 1 atom stereocenters. The summed E-state index contributed by atoms with van der Waals surface area (Å²) in [6.45, 7) is 7.66. The van der Waals surface area contributed by atoms with E-state index >= 15 is 0 Å². The predicted octanol–water partition coefficient (Wildman–Crippen LogP) is 1.89. The van der Waals surface area contributed by atoms with E-state index in [4.69, 9.17) is 0 Å². The van der Waals surface area contributed by atoms with Gasteiger partial charge in [-0.25, -0.2) is 0 Å². The molecule has 0 aliphatic carbocycles. The fraction of sp³-hybridized carbons (Fsp3) is 0.615. The van der Waals surface area contributed by atoms with E-state index in [1.165, 1.54) is 5.56 Å². The van der Waals surface area contributed by atoms with Gasteiger partial charge in [0.05, 0.1) is 6.10 Å². The number of rotatable bonds is 6. The average molecular weight is 222 g/mol. The third-order valence-electron chi connectivity index (χ3n) is 2.56. The van der Waals surface area contributed by atoms with Crippen LogP contribution in [-0.2, 0) is 6.54 Å². The van der Waals surface area contributed by atoms with Gasteiger partial charge in [-0.1, -0.05) is 19.9 Å². The Kier molecular flexibility index (Phi) is 5.43. The van der Waals surface area contributed by atoms with Crippen LogP contribution in [0.15, 0.2) is 18.3 Å². The summed E-state index contributed by atoms with van der Waals surface area (Å²) in [7, 11) is 0. The number of aliphatic hydroxyl groups excluding tert-OH is 1. The lowest BCUT2D eigenvalue weighted by Crippen LogP contribution is -2.27. The van der Waals surface area contributed by atoms with Crippen molar-refractivity contribution in [1.82, 2.24) is 10.3 Å². The highest BCUT2D eigenvalue weighted by Gasteiger charge is 2.06. The Hall–Kier alpha value is -0.930. The van der Waals surface area contributed by atoms with Gasteiger partial charge in [-0.15, -0.1) is 0 Å². The van der Waals surface area contributed by atoms with E-state index in [0.29, 0.717) is 12.5 Å². The third-order valence-corrected chi connectivity index (χ3v) is 2.56. The second-order valence-electron chi connectivity index (χ2n) is 4.66. The SMILES string of the molecule is Cc1ncccc1CNCC(O)CC(C)C. The van der Waals surface area contributed by atoms with Gasteiger partial charge in [0.2, 0.25) is 0 Å². The zero-order chi connectivity index (χ0) is 12.0. The number of pyridine rings is 1. The molecule has 0 fully saturated rings. The molecule has 1 unspecified atom stereocenters. The monoisotopic (exact) mass is 222 g/mol. The van der Waals surface area contributed by atoms with Gasteiger partial charge in [0, 0.05) is 25.0 Å². The summed E-state index contributed by atoms with van der Waals surface area (Å²) in [5.41, 5.74) is 2.24. The number of aliphatic hydroxyl groups is 1. The Balaban J connectivity index is 2.28. The van der Waals surface area contributed by atoms with E-state index in [9.17, 15) is 5.11 Å². The molecule has 0 aliphatic heterocycles. The van der Waals surface area contributed by atoms with Crippen molar-refractivity contribution in [3.05, 3.63) is 29.6 Å². The number of aryl methyl sites for hydroxylation is 1. The number of hydrogen-bond acceptors (Lipinski definition) is 3. The molecule has 0 saturated heterocycles. The van der Waals surface area contributed by atoms with Crippen molar-refractivity contribution in [3.8, 4) is 0 Å². The van der Waals surface area contributed by atoms with Crippen LogP contribution in [0.3, 0.4) is 0 Å². The van der Waals surface area contributed by atoms with Gasteiger partial charge < -0.3 is 10.4 Å². The first kappa shape index (κ1) is 13.1. The molecular formula is C13H22N2O. The fourth-order valence-electron chi connectivity index (χ4n) is 1.71. The van der Waals surface area contributed by atoms with Gasteiger partial charge in [-0.3, -0.25) is 4.98 Å². The lowest BCUT2D eigenvalue weighted by molar-refractivity contribution is 0.146. The van der Waals surface area contributed by atoms with Crippen LogP contribution >= 0.6 is 0 Å². The Labute approximate surface area is 97.9 Å². The van der Waals surface area contributed by atoms with Gasteiger partial charge >= 0.3 is 0 Å². The van der Waals surface area contributed by atoms with E-state index in [2.05, 4.69) is 30.2 Å². The van der Waals surface area contributed by atoms with Crippen molar-refractivity contribution in [3.63, 3.8) is 0 Å². The third kappa shape index (κ3) is 4.73. The maximum absolute atomic E-state index is 9.69. The normalized spacial score (nSPS) is 13.1. The summed E-state index contributed by atoms with van der Waals surface area (Å²) in [4.78, 5) is 4.22. The maximum Gasteiger partial charge on any atom is 0.0667 e. The first-order valence-corrected chi connectivity index (χ1v) is 5.89. The van der Waals surface area contributed by atoms with Crippen LogP contribution in [0.25, 0.3) is 0 Å². The summed E-state index contributed by atoms with van der Waals surface area (Å²) in [6.07, 6.45) is 2.39. The minimum absolute atomic E-state index is 0.253. The van der Waals surface area contributed by atoms with Crippen LogP contribution in [0, 0.1) is 12.8 Å². The largest absolute Gasteiger partial charge is 0.392 e. The van der Waals surface area contributed by atoms with Crippen molar-refractivity contribution in [2.24, 2.45) is 5.92 Å². The topological polar surface area (TPSA) is 45.2 Å². The standard InChI is InChI=1S/C13H22N2O/c1-10(2)7-13(16)9-14-8-12-5-4-6-15-11(12)3/h4-6,10,13-14,16H,7-9H2,1-3H3. The molecule has 90 valence electrons.